The van der Waals surface area contributed by atoms with Gasteiger partial charge in [0, 0.05) is 37.4 Å². The minimum atomic E-state index is -0.695. The molecule has 2 N–H and O–H groups in total. The van der Waals surface area contributed by atoms with Crippen LogP contribution in [0.15, 0.2) is 30.5 Å². The third-order valence-corrected chi connectivity index (χ3v) is 6.26. The summed E-state index contributed by atoms with van der Waals surface area (Å²) in [5.74, 6) is 0.467. The van der Waals surface area contributed by atoms with Crippen LogP contribution in [0.2, 0.25) is 0 Å². The third-order valence-electron chi connectivity index (χ3n) is 6.26. The van der Waals surface area contributed by atoms with Gasteiger partial charge in [-0.25, -0.2) is 4.98 Å². The number of para-hydroxylation sites is 2. The van der Waals surface area contributed by atoms with Crippen LogP contribution in [-0.2, 0) is 9.53 Å². The second-order valence-electron chi connectivity index (χ2n) is 8.26. The molecule has 2 saturated heterocycles. The molecule has 2 aliphatic rings. The highest BCUT2D eigenvalue weighted by atomic mass is 16.5. The zero-order valence-electron chi connectivity index (χ0n) is 18.3. The maximum Gasteiger partial charge on any atom is 0.306 e. The average Bonchev–Trinajstić information content (AvgIpc) is 2.81. The normalized spacial score (nSPS) is 21.7. The molecule has 0 spiro atoms. The van der Waals surface area contributed by atoms with Gasteiger partial charge in [0.2, 0.25) is 5.95 Å². The maximum atomic E-state index is 11.5. The van der Waals surface area contributed by atoms with Gasteiger partial charge in [-0.2, -0.15) is 4.98 Å². The van der Waals surface area contributed by atoms with Crippen molar-refractivity contribution in [3.63, 3.8) is 0 Å². The van der Waals surface area contributed by atoms with E-state index in [0.717, 1.165) is 55.5 Å². The number of aryl methyl sites for hydroxylation is 1. The number of nitrogens with one attached hydrogen (secondary N) is 1. The third kappa shape index (κ3) is 4.74. The predicted molar refractivity (Wildman–Crippen MR) is 121 cm³/mol. The molecule has 2 aromatic rings. The molecule has 8 heteroatoms. The molecule has 0 bridgehead atoms. The molecule has 8 nitrogen and oxygen atoms in total. The Morgan fingerprint density at radius 2 is 2.03 bits per heavy atom. The molecule has 0 saturated carbocycles. The molecule has 1 aromatic carbocycles. The monoisotopic (exact) mass is 425 g/mol. The highest BCUT2D eigenvalue weighted by molar-refractivity contribution is 5.74. The average molecular weight is 426 g/mol. The molecule has 166 valence electrons. The standard InChI is InChI=1S/C23H31N5O3/c1-3-18-14-17(22(29)30)8-9-28(18)21-16(2)15-24-23(26-21)25-19-6-4-5-7-20(19)27-10-12-31-13-11-27/h4-7,15,17-18H,3,8-14H2,1-2H3,(H,29,30)(H,24,25,26). The summed E-state index contributed by atoms with van der Waals surface area (Å²) in [6.45, 7) is 7.98. The molecule has 0 amide bonds. The van der Waals surface area contributed by atoms with Crippen LogP contribution in [-0.4, -0.2) is 59.9 Å². The van der Waals surface area contributed by atoms with Gasteiger partial charge in [-0.3, -0.25) is 4.79 Å². The molecule has 0 aliphatic carbocycles. The number of piperidine rings is 1. The number of carbonyl (C=O) groups is 1. The van der Waals surface area contributed by atoms with Crippen molar-refractivity contribution < 1.29 is 14.6 Å². The first kappa shape index (κ1) is 21.4. The van der Waals surface area contributed by atoms with E-state index in [-0.39, 0.29) is 12.0 Å². The second kappa shape index (κ2) is 9.51. The summed E-state index contributed by atoms with van der Waals surface area (Å²) in [5.41, 5.74) is 3.08. The molecule has 1 aromatic heterocycles. The van der Waals surface area contributed by atoms with E-state index in [0.29, 0.717) is 25.3 Å². The first-order valence-corrected chi connectivity index (χ1v) is 11.1. The van der Waals surface area contributed by atoms with Crippen LogP contribution in [0, 0.1) is 12.8 Å². The van der Waals surface area contributed by atoms with Gasteiger partial charge >= 0.3 is 5.97 Å². The Labute approximate surface area is 183 Å². The molecule has 4 rings (SSSR count). The van der Waals surface area contributed by atoms with Crippen LogP contribution >= 0.6 is 0 Å². The number of aliphatic carboxylic acids is 1. The minimum absolute atomic E-state index is 0.164. The van der Waals surface area contributed by atoms with E-state index in [2.05, 4.69) is 33.1 Å². The number of anilines is 4. The topological polar surface area (TPSA) is 90.8 Å². The molecular formula is C23H31N5O3. The van der Waals surface area contributed by atoms with E-state index >= 15 is 0 Å². The van der Waals surface area contributed by atoms with Gasteiger partial charge in [0.25, 0.3) is 0 Å². The van der Waals surface area contributed by atoms with E-state index in [1.165, 1.54) is 0 Å². The Morgan fingerprint density at radius 1 is 1.26 bits per heavy atom. The summed E-state index contributed by atoms with van der Waals surface area (Å²) < 4.78 is 5.49. The van der Waals surface area contributed by atoms with Crippen molar-refractivity contribution >= 4 is 29.1 Å². The SMILES string of the molecule is CCC1CC(C(=O)O)CCN1c1nc(Nc2ccccc2N2CCOCC2)ncc1C. The largest absolute Gasteiger partial charge is 0.481 e. The van der Waals surface area contributed by atoms with Crippen molar-refractivity contribution in [1.29, 1.82) is 0 Å². The quantitative estimate of drug-likeness (QED) is 0.727. The van der Waals surface area contributed by atoms with Crippen LogP contribution in [0.25, 0.3) is 0 Å². The lowest BCUT2D eigenvalue weighted by atomic mass is 9.89. The molecule has 31 heavy (non-hydrogen) atoms. The zero-order chi connectivity index (χ0) is 21.8. The van der Waals surface area contributed by atoms with Crippen molar-refractivity contribution in [2.24, 2.45) is 5.92 Å². The number of ether oxygens (including phenoxy) is 1. The summed E-state index contributed by atoms with van der Waals surface area (Å²) in [7, 11) is 0. The van der Waals surface area contributed by atoms with Crippen LogP contribution in [0.3, 0.4) is 0 Å². The van der Waals surface area contributed by atoms with Crippen molar-refractivity contribution in [3.8, 4) is 0 Å². The van der Waals surface area contributed by atoms with Gasteiger partial charge < -0.3 is 25.0 Å². The lowest BCUT2D eigenvalue weighted by Crippen LogP contribution is -2.45. The molecule has 2 atom stereocenters. The molecule has 2 fully saturated rings. The Balaban J connectivity index is 1.57. The second-order valence-corrected chi connectivity index (χ2v) is 8.26. The molecule has 2 aliphatic heterocycles. The van der Waals surface area contributed by atoms with Gasteiger partial charge in [-0.1, -0.05) is 19.1 Å². The minimum Gasteiger partial charge on any atom is -0.481 e. The lowest BCUT2D eigenvalue weighted by Gasteiger charge is -2.39. The number of hydrogen-bond donors (Lipinski definition) is 2. The fraction of sp³-hybridized carbons (Fsp3) is 0.522. The number of aromatic nitrogens is 2. The Bertz CT molecular complexity index is 916. The summed E-state index contributed by atoms with van der Waals surface area (Å²) in [5, 5.41) is 12.8. The Hall–Kier alpha value is -2.87. The van der Waals surface area contributed by atoms with Crippen LogP contribution in [0.4, 0.5) is 23.1 Å². The number of carboxylic acids is 1. The van der Waals surface area contributed by atoms with Crippen molar-refractivity contribution in [2.75, 3.05) is 48.0 Å². The summed E-state index contributed by atoms with van der Waals surface area (Å²) in [4.78, 5) is 25.4. The van der Waals surface area contributed by atoms with E-state index < -0.39 is 5.97 Å². The molecule has 3 heterocycles. The molecule has 2 unspecified atom stereocenters. The summed E-state index contributed by atoms with van der Waals surface area (Å²) in [6.07, 6.45) is 4.02. The lowest BCUT2D eigenvalue weighted by molar-refractivity contribution is -0.142. The van der Waals surface area contributed by atoms with E-state index in [1.807, 2.05) is 31.3 Å². The number of nitrogens with zero attached hydrogens (tertiary/aromatic N) is 4. The highest BCUT2D eigenvalue weighted by Gasteiger charge is 2.32. The molecular weight excluding hydrogens is 394 g/mol. The number of hydrogen-bond acceptors (Lipinski definition) is 7. The first-order chi connectivity index (χ1) is 15.1. The van der Waals surface area contributed by atoms with Gasteiger partial charge in [-0.05, 0) is 38.3 Å². The van der Waals surface area contributed by atoms with Crippen molar-refractivity contribution in [1.82, 2.24) is 9.97 Å². The van der Waals surface area contributed by atoms with E-state index in [1.54, 1.807) is 0 Å². The smallest absolute Gasteiger partial charge is 0.306 e. The predicted octanol–water partition coefficient (Wildman–Crippen LogP) is 3.44. The van der Waals surface area contributed by atoms with Gasteiger partial charge in [0.15, 0.2) is 0 Å². The number of morpholine rings is 1. The van der Waals surface area contributed by atoms with Crippen LogP contribution < -0.4 is 15.1 Å². The van der Waals surface area contributed by atoms with Gasteiger partial charge in [0.05, 0.1) is 30.5 Å². The number of rotatable bonds is 6. The first-order valence-electron chi connectivity index (χ1n) is 11.1. The van der Waals surface area contributed by atoms with E-state index in [9.17, 15) is 9.90 Å². The van der Waals surface area contributed by atoms with Crippen molar-refractivity contribution in [3.05, 3.63) is 36.0 Å². The van der Waals surface area contributed by atoms with E-state index in [4.69, 9.17) is 9.72 Å². The highest BCUT2D eigenvalue weighted by Crippen LogP contribution is 2.33. The Morgan fingerprint density at radius 3 is 2.77 bits per heavy atom. The number of carboxylic acid groups (broad SMARTS) is 1. The number of benzene rings is 1. The molecule has 0 radical (unpaired) electrons. The Kier molecular flexibility index (Phi) is 6.56. The summed E-state index contributed by atoms with van der Waals surface area (Å²) in [6, 6.07) is 8.35. The van der Waals surface area contributed by atoms with Gasteiger partial charge in [-0.15, -0.1) is 0 Å². The summed E-state index contributed by atoms with van der Waals surface area (Å²) >= 11 is 0. The maximum absolute atomic E-state index is 11.5. The zero-order valence-corrected chi connectivity index (χ0v) is 18.3. The fourth-order valence-corrected chi connectivity index (χ4v) is 4.51. The van der Waals surface area contributed by atoms with Crippen LogP contribution in [0.1, 0.15) is 31.7 Å². The van der Waals surface area contributed by atoms with Gasteiger partial charge in [0.1, 0.15) is 5.82 Å². The fourth-order valence-electron chi connectivity index (χ4n) is 4.51. The van der Waals surface area contributed by atoms with Crippen LogP contribution in [0.5, 0.6) is 0 Å². The van der Waals surface area contributed by atoms with Crippen molar-refractivity contribution in [2.45, 2.75) is 39.2 Å².